The average Bonchev–Trinajstić information content (AvgIpc) is 3.19. The molecule has 4 aromatic rings. The van der Waals surface area contributed by atoms with Crippen LogP contribution in [-0.4, -0.2) is 32.1 Å². The summed E-state index contributed by atoms with van der Waals surface area (Å²) in [4.78, 5) is 36.8. The number of nitrogens with one attached hydrogen (secondary N) is 2. The fourth-order valence-electron chi connectivity index (χ4n) is 3.38. The number of phenolic OH excluding ortho intramolecular Hbond substituents is 1. The number of aromatic amines is 1. The van der Waals surface area contributed by atoms with Gasteiger partial charge in [0.1, 0.15) is 5.69 Å². The van der Waals surface area contributed by atoms with Crippen LogP contribution in [0.5, 0.6) is 5.75 Å². The minimum atomic E-state index is -0.735. The van der Waals surface area contributed by atoms with Crippen molar-refractivity contribution in [2.45, 2.75) is 0 Å². The quantitative estimate of drug-likeness (QED) is 0.229. The van der Waals surface area contributed by atoms with Crippen molar-refractivity contribution in [3.8, 4) is 16.9 Å². The van der Waals surface area contributed by atoms with Gasteiger partial charge in [0, 0.05) is 40.2 Å². The van der Waals surface area contributed by atoms with Crippen LogP contribution >= 0.6 is 0 Å². The number of fused-ring (bicyclic) bond motifs is 1. The predicted octanol–water partition coefficient (Wildman–Crippen LogP) is 4.12. The fourth-order valence-corrected chi connectivity index (χ4v) is 3.38. The molecule has 0 saturated carbocycles. The lowest BCUT2D eigenvalue weighted by Gasteiger charge is -2.04. The first-order valence-electron chi connectivity index (χ1n) is 9.52. The monoisotopic (exact) mass is 445 g/mol. The van der Waals surface area contributed by atoms with E-state index in [0.717, 1.165) is 12.3 Å². The molecule has 0 aliphatic heterocycles. The Bertz CT molecular complexity index is 1430. The first kappa shape index (κ1) is 21.2. The van der Waals surface area contributed by atoms with Crippen LogP contribution < -0.4 is 5.43 Å². The SMILES string of the molecule is O=C(N/N=C\c1cccc([N+](=O)[O-])c1O)c1[nH]c2ccc([N+](=O)[O-])cc2c1-c1ccccc1. The summed E-state index contributed by atoms with van der Waals surface area (Å²) in [5, 5.41) is 36.5. The predicted molar refractivity (Wildman–Crippen MR) is 120 cm³/mol. The minimum absolute atomic E-state index is 0.0417. The number of hydrazone groups is 1. The van der Waals surface area contributed by atoms with Crippen molar-refractivity contribution in [1.82, 2.24) is 10.4 Å². The van der Waals surface area contributed by atoms with Crippen LogP contribution in [0.2, 0.25) is 0 Å². The maximum absolute atomic E-state index is 12.9. The molecule has 0 atom stereocenters. The first-order valence-corrected chi connectivity index (χ1v) is 9.52. The van der Waals surface area contributed by atoms with E-state index >= 15 is 0 Å². The second-order valence-electron chi connectivity index (χ2n) is 6.90. The molecule has 0 aliphatic carbocycles. The van der Waals surface area contributed by atoms with Gasteiger partial charge in [0.05, 0.1) is 16.1 Å². The van der Waals surface area contributed by atoms with E-state index in [9.17, 15) is 30.1 Å². The summed E-state index contributed by atoms with van der Waals surface area (Å²) in [6.45, 7) is 0. The summed E-state index contributed by atoms with van der Waals surface area (Å²) in [6.07, 6.45) is 1.08. The number of nitro groups is 2. The number of nitro benzene ring substituents is 2. The number of nitrogens with zero attached hydrogens (tertiary/aromatic N) is 3. The summed E-state index contributed by atoms with van der Waals surface area (Å²) in [6, 6.07) is 17.0. The Morgan fingerprint density at radius 1 is 1.00 bits per heavy atom. The van der Waals surface area contributed by atoms with Gasteiger partial charge < -0.3 is 10.1 Å². The van der Waals surface area contributed by atoms with Crippen molar-refractivity contribution in [3.05, 3.63) is 98.2 Å². The number of carbonyl (C=O) groups is 1. The summed E-state index contributed by atoms with van der Waals surface area (Å²) < 4.78 is 0. The second-order valence-corrected chi connectivity index (χ2v) is 6.90. The topological polar surface area (TPSA) is 164 Å². The zero-order valence-corrected chi connectivity index (χ0v) is 16.8. The van der Waals surface area contributed by atoms with E-state index in [-0.39, 0.29) is 16.9 Å². The number of aromatic hydroxyl groups is 1. The van der Waals surface area contributed by atoms with Crippen LogP contribution in [0, 0.1) is 20.2 Å². The maximum atomic E-state index is 12.9. The van der Waals surface area contributed by atoms with Crippen LogP contribution in [0.1, 0.15) is 16.1 Å². The van der Waals surface area contributed by atoms with Gasteiger partial charge in [-0.15, -0.1) is 0 Å². The molecule has 0 bridgehead atoms. The Morgan fingerprint density at radius 3 is 2.45 bits per heavy atom. The van der Waals surface area contributed by atoms with Gasteiger partial charge in [0.15, 0.2) is 0 Å². The van der Waals surface area contributed by atoms with E-state index in [1.807, 2.05) is 0 Å². The van der Waals surface area contributed by atoms with Gasteiger partial charge in [-0.2, -0.15) is 5.10 Å². The summed E-state index contributed by atoms with van der Waals surface area (Å²) >= 11 is 0. The number of amides is 1. The Labute approximate surface area is 185 Å². The van der Waals surface area contributed by atoms with Crippen molar-refractivity contribution in [1.29, 1.82) is 0 Å². The molecule has 11 nitrogen and oxygen atoms in total. The highest BCUT2D eigenvalue weighted by Gasteiger charge is 2.21. The van der Waals surface area contributed by atoms with Gasteiger partial charge in [0.2, 0.25) is 5.75 Å². The highest BCUT2D eigenvalue weighted by atomic mass is 16.6. The molecule has 33 heavy (non-hydrogen) atoms. The lowest BCUT2D eigenvalue weighted by Crippen LogP contribution is -2.18. The molecule has 11 heteroatoms. The first-order chi connectivity index (χ1) is 15.9. The van der Waals surface area contributed by atoms with Gasteiger partial charge in [-0.05, 0) is 17.7 Å². The highest BCUT2D eigenvalue weighted by molar-refractivity contribution is 6.10. The Kier molecular flexibility index (Phi) is 5.51. The van der Waals surface area contributed by atoms with Crippen LogP contribution in [0.3, 0.4) is 0 Å². The molecule has 4 rings (SSSR count). The molecule has 0 radical (unpaired) electrons. The molecule has 164 valence electrons. The molecular formula is C22H15N5O6. The van der Waals surface area contributed by atoms with Crippen LogP contribution in [0.15, 0.2) is 71.8 Å². The zero-order valence-electron chi connectivity index (χ0n) is 16.8. The summed E-state index contributed by atoms with van der Waals surface area (Å²) in [5.74, 6) is -1.22. The molecule has 0 aliphatic rings. The third-order valence-corrected chi connectivity index (χ3v) is 4.89. The molecule has 1 aromatic heterocycles. The van der Waals surface area contributed by atoms with Gasteiger partial charge >= 0.3 is 5.69 Å². The molecule has 0 saturated heterocycles. The van der Waals surface area contributed by atoms with E-state index in [1.54, 1.807) is 30.3 Å². The number of rotatable bonds is 6. The van der Waals surface area contributed by atoms with Crippen LogP contribution in [0.4, 0.5) is 11.4 Å². The third kappa shape index (κ3) is 4.10. The number of hydrogen-bond acceptors (Lipinski definition) is 7. The van der Waals surface area contributed by atoms with Crippen molar-refractivity contribution >= 4 is 34.4 Å². The largest absolute Gasteiger partial charge is 0.502 e. The molecule has 3 N–H and O–H groups in total. The van der Waals surface area contributed by atoms with E-state index in [0.29, 0.717) is 22.0 Å². The summed E-state index contributed by atoms with van der Waals surface area (Å²) in [5.41, 5.74) is 3.51. The molecular weight excluding hydrogens is 430 g/mol. The summed E-state index contributed by atoms with van der Waals surface area (Å²) in [7, 11) is 0. The minimum Gasteiger partial charge on any atom is -0.502 e. The fraction of sp³-hybridized carbons (Fsp3) is 0. The highest BCUT2D eigenvalue weighted by Crippen LogP contribution is 2.34. The number of H-pyrrole nitrogens is 1. The number of benzene rings is 3. The molecule has 0 unspecified atom stereocenters. The number of aromatic nitrogens is 1. The van der Waals surface area contributed by atoms with E-state index in [4.69, 9.17) is 0 Å². The van der Waals surface area contributed by atoms with E-state index < -0.39 is 27.2 Å². The standard InChI is InChI=1S/C22H15N5O6/c28-21-14(7-4-8-18(21)27(32)33)12-23-25-22(29)20-19(13-5-2-1-3-6-13)16-11-15(26(30)31)9-10-17(16)24-20/h1-12,24,28H,(H,25,29)/b23-12-. The van der Waals surface area contributed by atoms with Crippen LogP contribution in [0.25, 0.3) is 22.0 Å². The molecule has 1 amide bonds. The molecule has 1 heterocycles. The smallest absolute Gasteiger partial charge is 0.311 e. The number of non-ortho nitro benzene ring substituents is 1. The maximum Gasteiger partial charge on any atom is 0.311 e. The van der Waals surface area contributed by atoms with Crippen molar-refractivity contribution in [2.75, 3.05) is 0 Å². The lowest BCUT2D eigenvalue weighted by molar-refractivity contribution is -0.385. The number of para-hydroxylation sites is 1. The molecule has 3 aromatic carbocycles. The molecule has 0 fully saturated rings. The van der Waals surface area contributed by atoms with Gasteiger partial charge in [-0.1, -0.05) is 36.4 Å². The van der Waals surface area contributed by atoms with Crippen molar-refractivity contribution in [2.24, 2.45) is 5.10 Å². The van der Waals surface area contributed by atoms with E-state index in [2.05, 4.69) is 15.5 Å². The Hall–Kier alpha value is -5.06. The number of phenols is 1. The third-order valence-electron chi connectivity index (χ3n) is 4.89. The van der Waals surface area contributed by atoms with Crippen LogP contribution in [-0.2, 0) is 0 Å². The van der Waals surface area contributed by atoms with Crippen molar-refractivity contribution in [3.63, 3.8) is 0 Å². The van der Waals surface area contributed by atoms with Gasteiger partial charge in [-0.3, -0.25) is 25.0 Å². The van der Waals surface area contributed by atoms with Gasteiger partial charge in [0.25, 0.3) is 11.6 Å². The lowest BCUT2D eigenvalue weighted by atomic mass is 10.0. The Morgan fingerprint density at radius 2 is 1.76 bits per heavy atom. The number of hydrogen-bond donors (Lipinski definition) is 3. The normalized spacial score (nSPS) is 11.0. The average molecular weight is 445 g/mol. The van der Waals surface area contributed by atoms with E-state index in [1.165, 1.54) is 30.3 Å². The Balaban J connectivity index is 1.71. The zero-order chi connectivity index (χ0) is 23.5. The second kappa shape index (κ2) is 8.59. The van der Waals surface area contributed by atoms with Crippen molar-refractivity contribution < 1.29 is 19.7 Å². The molecule has 0 spiro atoms. The van der Waals surface area contributed by atoms with Gasteiger partial charge in [-0.25, -0.2) is 5.43 Å². The number of carbonyl (C=O) groups excluding carboxylic acids is 1.